The summed E-state index contributed by atoms with van der Waals surface area (Å²) in [7, 11) is 0. The fourth-order valence-corrected chi connectivity index (χ4v) is 10.7. The van der Waals surface area contributed by atoms with Gasteiger partial charge in [0.25, 0.3) is 0 Å². The minimum absolute atomic E-state index is 0.141. The van der Waals surface area contributed by atoms with Gasteiger partial charge in [0.05, 0.1) is 0 Å². The highest BCUT2D eigenvalue weighted by Gasteiger charge is 2.28. The Balaban J connectivity index is 0.974. The van der Waals surface area contributed by atoms with Gasteiger partial charge in [-0.1, -0.05) is 250 Å². The second kappa shape index (κ2) is 20.4. The molecule has 2 nitrogen and oxygen atoms in total. The van der Waals surface area contributed by atoms with E-state index in [4.69, 9.17) is 0 Å². The van der Waals surface area contributed by atoms with Gasteiger partial charge in [0.1, 0.15) is 0 Å². The average Bonchev–Trinajstić information content (AvgIpc) is 3.45. The van der Waals surface area contributed by atoms with Gasteiger partial charge in [0, 0.05) is 55.8 Å². The summed E-state index contributed by atoms with van der Waals surface area (Å²) in [6.45, 7) is 18.5. The molecule has 0 amide bonds. The first kappa shape index (κ1) is 49.4. The molecule has 0 aliphatic rings. The van der Waals surface area contributed by atoms with E-state index in [1.54, 1.807) is 0 Å². The molecule has 0 fully saturated rings. The Labute approximate surface area is 441 Å². The van der Waals surface area contributed by atoms with Crippen molar-refractivity contribution < 1.29 is 0 Å². The van der Waals surface area contributed by atoms with Crippen LogP contribution in [0.25, 0.3) is 11.1 Å². The van der Waals surface area contributed by atoms with Crippen molar-refractivity contribution >= 4 is 34.1 Å². The van der Waals surface area contributed by atoms with Gasteiger partial charge in [-0.2, -0.15) is 0 Å². The van der Waals surface area contributed by atoms with Crippen LogP contribution >= 0.6 is 0 Å². The van der Waals surface area contributed by atoms with Gasteiger partial charge in [0.15, 0.2) is 0 Å². The summed E-state index contributed by atoms with van der Waals surface area (Å²) in [5.41, 5.74) is 18.7. The third kappa shape index (κ3) is 9.85. The minimum Gasteiger partial charge on any atom is -0.311 e. The lowest BCUT2D eigenvalue weighted by atomic mass is 9.78. The summed E-state index contributed by atoms with van der Waals surface area (Å²) < 4.78 is 0. The molecule has 0 radical (unpaired) electrons. The zero-order chi connectivity index (χ0) is 51.5. The summed E-state index contributed by atoms with van der Waals surface area (Å²) in [5.74, 6) is 0. The third-order valence-electron chi connectivity index (χ3n) is 16.0. The molecular formula is C72H68N2. The maximum atomic E-state index is 2.38. The van der Waals surface area contributed by atoms with Gasteiger partial charge < -0.3 is 9.80 Å². The van der Waals surface area contributed by atoms with Crippen molar-refractivity contribution in [3.05, 3.63) is 311 Å². The van der Waals surface area contributed by atoms with Crippen molar-refractivity contribution in [2.24, 2.45) is 0 Å². The van der Waals surface area contributed by atoms with Crippen LogP contribution in [0.5, 0.6) is 0 Å². The molecule has 366 valence electrons. The molecule has 0 spiro atoms. The topological polar surface area (TPSA) is 6.48 Å². The molecule has 0 unspecified atom stereocenters. The highest BCUT2D eigenvalue weighted by atomic mass is 15.1. The average molecular weight is 961 g/mol. The first-order chi connectivity index (χ1) is 35.7. The monoisotopic (exact) mass is 961 g/mol. The molecule has 0 N–H and O–H groups in total. The molecule has 0 aromatic heterocycles. The Morgan fingerprint density at radius 1 is 0.176 bits per heavy atom. The zero-order valence-electron chi connectivity index (χ0n) is 44.3. The van der Waals surface area contributed by atoms with Crippen molar-refractivity contribution in [3.63, 3.8) is 0 Å². The molecule has 0 aliphatic carbocycles. The van der Waals surface area contributed by atoms with Crippen LogP contribution in [0.15, 0.2) is 267 Å². The molecular weight excluding hydrogens is 893 g/mol. The number of rotatable bonds is 15. The molecule has 0 aliphatic heterocycles. The standard InChI is InChI=1S/C72H68N2/c1-69(2,55-21-13-9-14-22-55)59-33-45-65(46-34-59)73(66-47-35-60(36-48-66)70(3,4)56-23-15-10-16-24-56)63-41-29-53(30-42-63)54-31-43-64(44-32-54)74(67-49-37-61(38-50-67)71(5,6)57-25-17-11-18-26-57)68-51-39-62(40-52-68)72(7,8)58-27-19-12-20-28-58/h9-52H,1-8H3. The predicted molar refractivity (Wildman–Crippen MR) is 316 cm³/mol. The van der Waals surface area contributed by atoms with Crippen LogP contribution in [0.3, 0.4) is 0 Å². The second-order valence-corrected chi connectivity index (χ2v) is 21.9. The number of hydrogen-bond donors (Lipinski definition) is 0. The van der Waals surface area contributed by atoms with Crippen LogP contribution in [0.2, 0.25) is 0 Å². The van der Waals surface area contributed by atoms with Gasteiger partial charge in [-0.25, -0.2) is 0 Å². The largest absolute Gasteiger partial charge is 0.311 e. The van der Waals surface area contributed by atoms with Crippen LogP contribution in [0.4, 0.5) is 34.1 Å². The van der Waals surface area contributed by atoms with Gasteiger partial charge >= 0.3 is 0 Å². The number of benzene rings is 10. The van der Waals surface area contributed by atoms with Gasteiger partial charge in [-0.3, -0.25) is 0 Å². The van der Waals surface area contributed by atoms with Crippen molar-refractivity contribution in [3.8, 4) is 11.1 Å². The predicted octanol–water partition coefficient (Wildman–Crippen LogP) is 19.6. The van der Waals surface area contributed by atoms with Crippen LogP contribution in [0.1, 0.15) is 99.9 Å². The molecule has 0 atom stereocenters. The van der Waals surface area contributed by atoms with E-state index in [1.807, 2.05) is 0 Å². The lowest BCUT2D eigenvalue weighted by molar-refractivity contribution is 0.640. The lowest BCUT2D eigenvalue weighted by Crippen LogP contribution is -2.19. The molecule has 0 heterocycles. The molecule has 10 rings (SSSR count). The van der Waals surface area contributed by atoms with Crippen molar-refractivity contribution in [1.82, 2.24) is 0 Å². The fraction of sp³-hybridized carbons (Fsp3) is 0.167. The Morgan fingerprint density at radius 2 is 0.324 bits per heavy atom. The third-order valence-corrected chi connectivity index (χ3v) is 16.0. The van der Waals surface area contributed by atoms with E-state index < -0.39 is 0 Å². The maximum Gasteiger partial charge on any atom is 0.0462 e. The molecule has 0 saturated carbocycles. The molecule has 0 bridgehead atoms. The van der Waals surface area contributed by atoms with Crippen molar-refractivity contribution in [1.29, 1.82) is 0 Å². The summed E-state index contributed by atoms with van der Waals surface area (Å²) in [5, 5.41) is 0. The van der Waals surface area contributed by atoms with E-state index in [9.17, 15) is 0 Å². The van der Waals surface area contributed by atoms with E-state index in [-0.39, 0.29) is 21.7 Å². The first-order valence-electron chi connectivity index (χ1n) is 26.2. The van der Waals surface area contributed by atoms with Crippen LogP contribution in [-0.4, -0.2) is 0 Å². The van der Waals surface area contributed by atoms with Gasteiger partial charge in [-0.15, -0.1) is 0 Å². The van der Waals surface area contributed by atoms with E-state index in [2.05, 4.69) is 332 Å². The van der Waals surface area contributed by atoms with Crippen LogP contribution in [-0.2, 0) is 21.7 Å². The molecule has 10 aromatic carbocycles. The Hall–Kier alpha value is -8.20. The normalized spacial score (nSPS) is 12.1. The van der Waals surface area contributed by atoms with Crippen molar-refractivity contribution in [2.75, 3.05) is 9.80 Å². The van der Waals surface area contributed by atoms with Gasteiger partial charge in [-0.05, 0) is 128 Å². The van der Waals surface area contributed by atoms with Crippen LogP contribution < -0.4 is 9.80 Å². The Bertz CT molecular complexity index is 2970. The second-order valence-electron chi connectivity index (χ2n) is 21.9. The summed E-state index contributed by atoms with van der Waals surface area (Å²) in [4.78, 5) is 4.75. The minimum atomic E-state index is -0.141. The van der Waals surface area contributed by atoms with Crippen molar-refractivity contribution in [2.45, 2.75) is 77.0 Å². The molecule has 0 saturated heterocycles. The van der Waals surface area contributed by atoms with E-state index in [1.165, 1.54) is 44.5 Å². The highest BCUT2D eigenvalue weighted by molar-refractivity contribution is 5.81. The lowest BCUT2D eigenvalue weighted by Gasteiger charge is -2.30. The zero-order valence-corrected chi connectivity index (χ0v) is 44.3. The summed E-state index contributed by atoms with van der Waals surface area (Å²) in [6, 6.07) is 97.8. The highest BCUT2D eigenvalue weighted by Crippen LogP contribution is 2.43. The molecule has 2 heteroatoms. The number of anilines is 6. The SMILES string of the molecule is CC(C)(c1ccccc1)c1ccc(N(c2ccc(-c3ccc(N(c4ccc(C(C)(C)c5ccccc5)cc4)c4ccc(C(C)(C)c5ccccc5)cc4)cc3)cc2)c2ccc(C(C)(C)c3ccccc3)cc2)cc1. The smallest absolute Gasteiger partial charge is 0.0462 e. The maximum absolute atomic E-state index is 2.38. The van der Waals surface area contributed by atoms with Crippen LogP contribution in [0, 0.1) is 0 Å². The quantitative estimate of drug-likeness (QED) is 0.101. The first-order valence-corrected chi connectivity index (χ1v) is 26.2. The molecule has 74 heavy (non-hydrogen) atoms. The summed E-state index contributed by atoms with van der Waals surface area (Å²) >= 11 is 0. The fourth-order valence-electron chi connectivity index (χ4n) is 10.7. The van der Waals surface area contributed by atoms with E-state index in [0.29, 0.717) is 0 Å². The van der Waals surface area contributed by atoms with E-state index in [0.717, 1.165) is 45.3 Å². The number of hydrogen-bond acceptors (Lipinski definition) is 2. The van der Waals surface area contributed by atoms with Gasteiger partial charge in [0.2, 0.25) is 0 Å². The Morgan fingerprint density at radius 3 is 0.500 bits per heavy atom. The number of nitrogens with zero attached hydrogens (tertiary/aromatic N) is 2. The molecule has 10 aromatic rings. The summed E-state index contributed by atoms with van der Waals surface area (Å²) in [6.07, 6.45) is 0. The Kier molecular flexibility index (Phi) is 13.6. The van der Waals surface area contributed by atoms with E-state index >= 15 is 0 Å².